The molecule has 1 aromatic heterocycles. The van der Waals surface area contributed by atoms with E-state index in [4.69, 9.17) is 25.5 Å². The highest BCUT2D eigenvalue weighted by atomic mass is 79.9. The van der Waals surface area contributed by atoms with Crippen molar-refractivity contribution in [2.75, 3.05) is 7.11 Å². The van der Waals surface area contributed by atoms with Crippen LogP contribution >= 0.6 is 39.3 Å². The fourth-order valence-corrected chi connectivity index (χ4v) is 3.41. The van der Waals surface area contributed by atoms with Crippen LogP contribution in [0.25, 0.3) is 0 Å². The first-order chi connectivity index (χ1) is 12.1. The van der Waals surface area contributed by atoms with E-state index in [9.17, 15) is 0 Å². The van der Waals surface area contributed by atoms with Gasteiger partial charge in [-0.3, -0.25) is 0 Å². The monoisotopic (exact) mass is 440 g/mol. The molecule has 2 aromatic carbocycles. The first-order valence-corrected chi connectivity index (χ1v) is 9.45. The number of methoxy groups -OCH3 is 1. The lowest BCUT2D eigenvalue weighted by Crippen LogP contribution is -1.95. The Labute approximate surface area is 162 Å². The van der Waals surface area contributed by atoms with Crippen LogP contribution in [0, 0.1) is 0 Å². The summed E-state index contributed by atoms with van der Waals surface area (Å²) < 4.78 is 17.3. The normalized spacial score (nSPS) is 10.7. The van der Waals surface area contributed by atoms with Gasteiger partial charge >= 0.3 is 0 Å². The van der Waals surface area contributed by atoms with Gasteiger partial charge in [0.15, 0.2) is 6.61 Å². The summed E-state index contributed by atoms with van der Waals surface area (Å²) in [4.78, 5) is 0. The van der Waals surface area contributed by atoms with Gasteiger partial charge in [-0.05, 0) is 57.9 Å². The van der Waals surface area contributed by atoms with E-state index in [0.717, 1.165) is 15.8 Å². The van der Waals surface area contributed by atoms with E-state index in [0.29, 0.717) is 27.6 Å². The first-order valence-electron chi connectivity index (χ1n) is 7.30. The molecular formula is C17H14BrClN2O3S. The summed E-state index contributed by atoms with van der Waals surface area (Å²) in [6.45, 7) is 0.212. The van der Waals surface area contributed by atoms with Gasteiger partial charge in [-0.15, -0.1) is 10.2 Å². The van der Waals surface area contributed by atoms with Crippen LogP contribution < -0.4 is 9.47 Å². The average Bonchev–Trinajstić information content (AvgIpc) is 3.07. The number of ether oxygens (including phenoxy) is 2. The molecule has 0 aliphatic heterocycles. The van der Waals surface area contributed by atoms with Gasteiger partial charge < -0.3 is 13.9 Å². The Hall–Kier alpha value is -1.70. The van der Waals surface area contributed by atoms with Gasteiger partial charge in [0.25, 0.3) is 11.1 Å². The van der Waals surface area contributed by atoms with E-state index in [1.807, 2.05) is 18.2 Å². The minimum absolute atomic E-state index is 0.212. The summed E-state index contributed by atoms with van der Waals surface area (Å²) in [6.07, 6.45) is 0. The fraction of sp³-hybridized carbons (Fsp3) is 0.176. The zero-order valence-electron chi connectivity index (χ0n) is 13.2. The van der Waals surface area contributed by atoms with E-state index in [-0.39, 0.29) is 6.61 Å². The Morgan fingerprint density at radius 2 is 1.96 bits per heavy atom. The summed E-state index contributed by atoms with van der Waals surface area (Å²) in [7, 11) is 1.64. The number of thioether (sulfide) groups is 1. The van der Waals surface area contributed by atoms with Crippen LogP contribution in [-0.2, 0) is 12.4 Å². The Bertz CT molecular complexity index is 842. The number of aromatic nitrogens is 2. The number of benzene rings is 2. The molecule has 0 N–H and O–H groups in total. The molecule has 0 aliphatic rings. The van der Waals surface area contributed by atoms with E-state index in [2.05, 4.69) is 26.1 Å². The third kappa shape index (κ3) is 5.14. The highest BCUT2D eigenvalue weighted by Crippen LogP contribution is 2.29. The predicted octanol–water partition coefficient (Wildman–Crippen LogP) is 5.37. The van der Waals surface area contributed by atoms with E-state index in [1.165, 1.54) is 11.8 Å². The van der Waals surface area contributed by atoms with Crippen molar-refractivity contribution in [2.45, 2.75) is 17.6 Å². The lowest BCUT2D eigenvalue weighted by molar-refractivity contribution is 0.252. The molecule has 0 aliphatic carbocycles. The lowest BCUT2D eigenvalue weighted by Gasteiger charge is -2.05. The van der Waals surface area contributed by atoms with Gasteiger partial charge in [-0.2, -0.15) is 0 Å². The number of nitrogens with zero attached hydrogens (tertiary/aromatic N) is 2. The van der Waals surface area contributed by atoms with Gasteiger partial charge in [-0.25, -0.2) is 0 Å². The van der Waals surface area contributed by atoms with Crippen molar-refractivity contribution in [3.05, 3.63) is 63.4 Å². The first kappa shape index (κ1) is 18.1. The van der Waals surface area contributed by atoms with Crippen molar-refractivity contribution in [1.29, 1.82) is 0 Å². The predicted molar refractivity (Wildman–Crippen MR) is 100 cm³/mol. The Morgan fingerprint density at radius 3 is 2.68 bits per heavy atom. The minimum Gasteiger partial charge on any atom is -0.496 e. The molecule has 25 heavy (non-hydrogen) atoms. The van der Waals surface area contributed by atoms with Crippen LogP contribution in [0.15, 0.2) is 56.6 Å². The number of halogens is 2. The van der Waals surface area contributed by atoms with Crippen LogP contribution in [0.3, 0.4) is 0 Å². The molecule has 0 saturated carbocycles. The van der Waals surface area contributed by atoms with Crippen molar-refractivity contribution in [2.24, 2.45) is 0 Å². The molecule has 130 valence electrons. The summed E-state index contributed by atoms with van der Waals surface area (Å²) in [5.41, 5.74) is 1.12. The molecule has 3 rings (SSSR count). The third-order valence-electron chi connectivity index (χ3n) is 3.20. The molecule has 0 fully saturated rings. The Kier molecular flexibility index (Phi) is 6.23. The summed E-state index contributed by atoms with van der Waals surface area (Å²) in [5.74, 6) is 2.63. The molecule has 0 unspecified atom stereocenters. The van der Waals surface area contributed by atoms with E-state index >= 15 is 0 Å². The standard InChI is InChI=1S/C17H14BrClN2O3S/c1-22-15-7-2-11(8-14(15)18)10-25-17-21-20-16(24-17)9-23-13-5-3-12(19)4-6-13/h2-8H,9-10H2,1H3. The molecule has 5 nitrogen and oxygen atoms in total. The Balaban J connectivity index is 1.53. The van der Waals surface area contributed by atoms with Gasteiger partial charge in [0.05, 0.1) is 11.6 Å². The molecule has 0 bridgehead atoms. The summed E-state index contributed by atoms with van der Waals surface area (Å²) in [6, 6.07) is 13.0. The van der Waals surface area contributed by atoms with Crippen LogP contribution in [0.1, 0.15) is 11.5 Å². The molecule has 0 amide bonds. The van der Waals surface area contributed by atoms with Crippen LogP contribution in [0.2, 0.25) is 5.02 Å². The number of rotatable bonds is 7. The van der Waals surface area contributed by atoms with Gasteiger partial charge in [0.2, 0.25) is 0 Å². The highest BCUT2D eigenvalue weighted by molar-refractivity contribution is 9.10. The largest absolute Gasteiger partial charge is 0.496 e. The summed E-state index contributed by atoms with van der Waals surface area (Å²) in [5, 5.41) is 9.17. The Morgan fingerprint density at radius 1 is 1.16 bits per heavy atom. The topological polar surface area (TPSA) is 57.4 Å². The zero-order valence-corrected chi connectivity index (χ0v) is 16.4. The second kappa shape index (κ2) is 8.60. The van der Waals surface area contributed by atoms with Gasteiger partial charge in [-0.1, -0.05) is 29.4 Å². The molecule has 1 heterocycles. The number of hydrogen-bond donors (Lipinski definition) is 0. The van der Waals surface area contributed by atoms with Gasteiger partial charge in [0.1, 0.15) is 11.5 Å². The van der Waals surface area contributed by atoms with Crippen molar-refractivity contribution in [3.8, 4) is 11.5 Å². The van der Waals surface area contributed by atoms with Crippen LogP contribution in [0.5, 0.6) is 11.5 Å². The molecule has 0 atom stereocenters. The van der Waals surface area contributed by atoms with Crippen molar-refractivity contribution in [3.63, 3.8) is 0 Å². The van der Waals surface area contributed by atoms with Crippen molar-refractivity contribution < 1.29 is 13.9 Å². The molecule has 8 heteroatoms. The van der Waals surface area contributed by atoms with Crippen LogP contribution in [-0.4, -0.2) is 17.3 Å². The second-order valence-electron chi connectivity index (χ2n) is 4.96. The minimum atomic E-state index is 0.212. The summed E-state index contributed by atoms with van der Waals surface area (Å²) >= 11 is 10.8. The highest BCUT2D eigenvalue weighted by Gasteiger charge is 2.09. The number of hydrogen-bond acceptors (Lipinski definition) is 6. The molecular weight excluding hydrogens is 428 g/mol. The smallest absolute Gasteiger partial charge is 0.277 e. The SMILES string of the molecule is COc1ccc(CSc2nnc(COc3ccc(Cl)cc3)o2)cc1Br. The molecule has 3 aromatic rings. The van der Waals surface area contributed by atoms with E-state index < -0.39 is 0 Å². The quantitative estimate of drug-likeness (QED) is 0.460. The maximum absolute atomic E-state index is 5.84. The molecule has 0 radical (unpaired) electrons. The van der Waals surface area contributed by atoms with E-state index in [1.54, 1.807) is 31.4 Å². The second-order valence-corrected chi connectivity index (χ2v) is 7.18. The lowest BCUT2D eigenvalue weighted by atomic mass is 10.2. The average molecular weight is 442 g/mol. The van der Waals surface area contributed by atoms with Crippen LogP contribution in [0.4, 0.5) is 0 Å². The molecule has 0 spiro atoms. The third-order valence-corrected chi connectivity index (χ3v) is 4.96. The van der Waals surface area contributed by atoms with Crippen molar-refractivity contribution in [1.82, 2.24) is 10.2 Å². The maximum atomic E-state index is 5.84. The molecule has 0 saturated heterocycles. The van der Waals surface area contributed by atoms with Crippen molar-refractivity contribution >= 4 is 39.3 Å². The maximum Gasteiger partial charge on any atom is 0.277 e. The fourth-order valence-electron chi connectivity index (χ4n) is 1.98. The zero-order chi connectivity index (χ0) is 17.6. The van der Waals surface area contributed by atoms with Gasteiger partial charge in [0, 0.05) is 10.8 Å².